The van der Waals surface area contributed by atoms with E-state index in [0.29, 0.717) is 18.9 Å². The zero-order chi connectivity index (χ0) is 14.4. The average Bonchev–Trinajstić information content (AvgIpc) is 2.34. The lowest BCUT2D eigenvalue weighted by Gasteiger charge is -2.16. The average molecular weight is 265 g/mol. The predicted molar refractivity (Wildman–Crippen MR) is 71.1 cm³/mol. The van der Waals surface area contributed by atoms with E-state index in [0.717, 1.165) is 5.56 Å². The molecule has 5 nitrogen and oxygen atoms in total. The monoisotopic (exact) mass is 265 g/mol. The fourth-order valence-electron chi connectivity index (χ4n) is 1.75. The van der Waals surface area contributed by atoms with Gasteiger partial charge in [-0.25, -0.2) is 4.79 Å². The Balaban J connectivity index is 2.59. The molecule has 1 unspecified atom stereocenters. The van der Waals surface area contributed by atoms with Crippen LogP contribution in [0.4, 0.5) is 0 Å². The van der Waals surface area contributed by atoms with E-state index in [1.54, 1.807) is 12.1 Å². The molecule has 1 rings (SSSR count). The highest BCUT2D eigenvalue weighted by Crippen LogP contribution is 2.08. The lowest BCUT2D eigenvalue weighted by Crippen LogP contribution is -2.37. The Bertz CT molecular complexity index is 439. The van der Waals surface area contributed by atoms with Crippen LogP contribution in [0.25, 0.3) is 0 Å². The fourth-order valence-corrected chi connectivity index (χ4v) is 1.75. The van der Waals surface area contributed by atoms with Gasteiger partial charge in [-0.1, -0.05) is 26.0 Å². The molecule has 1 aromatic carbocycles. The highest BCUT2D eigenvalue weighted by atomic mass is 16.4. The molecule has 0 saturated heterocycles. The molecule has 0 aliphatic carbocycles. The summed E-state index contributed by atoms with van der Waals surface area (Å²) in [7, 11) is 0. The highest BCUT2D eigenvalue weighted by molar-refractivity contribution is 5.87. The Morgan fingerprint density at radius 2 is 1.74 bits per heavy atom. The van der Waals surface area contributed by atoms with Gasteiger partial charge in [0.25, 0.3) is 0 Å². The van der Waals surface area contributed by atoms with E-state index < -0.39 is 18.0 Å². The number of rotatable bonds is 7. The summed E-state index contributed by atoms with van der Waals surface area (Å²) >= 11 is 0. The molecular formula is C14H19NO4. The minimum absolute atomic E-state index is 0.223. The van der Waals surface area contributed by atoms with Crippen molar-refractivity contribution in [3.8, 4) is 0 Å². The molecule has 0 bridgehead atoms. The van der Waals surface area contributed by atoms with Crippen molar-refractivity contribution in [1.29, 1.82) is 0 Å². The second-order valence-corrected chi connectivity index (χ2v) is 4.90. The first-order chi connectivity index (χ1) is 8.90. The summed E-state index contributed by atoms with van der Waals surface area (Å²) in [6, 6.07) is 5.81. The van der Waals surface area contributed by atoms with E-state index in [1.807, 2.05) is 13.8 Å². The number of hydrogen-bond acceptors (Lipinski definition) is 3. The second kappa shape index (κ2) is 6.89. The first-order valence-electron chi connectivity index (χ1n) is 6.18. The van der Waals surface area contributed by atoms with E-state index >= 15 is 0 Å². The Morgan fingerprint density at radius 3 is 2.16 bits per heavy atom. The summed E-state index contributed by atoms with van der Waals surface area (Å²) in [6.45, 7) is 4.35. The molecule has 0 fully saturated rings. The van der Waals surface area contributed by atoms with Gasteiger partial charge in [0.1, 0.15) is 6.04 Å². The molecule has 0 heterocycles. The zero-order valence-electron chi connectivity index (χ0n) is 11.1. The first kappa shape index (κ1) is 15.2. The van der Waals surface area contributed by atoms with Crippen LogP contribution >= 0.6 is 0 Å². The normalized spacial score (nSPS) is 12.4. The SMILES string of the molecule is CC(C)CC(NCc1ccc(C(=O)O)cc1)C(=O)O. The van der Waals surface area contributed by atoms with Crippen LogP contribution in [-0.4, -0.2) is 28.2 Å². The van der Waals surface area contributed by atoms with E-state index in [4.69, 9.17) is 10.2 Å². The molecule has 0 aromatic heterocycles. The zero-order valence-corrected chi connectivity index (χ0v) is 11.1. The maximum absolute atomic E-state index is 11.1. The van der Waals surface area contributed by atoms with E-state index in [1.165, 1.54) is 12.1 Å². The summed E-state index contributed by atoms with van der Waals surface area (Å²) in [4.78, 5) is 21.8. The smallest absolute Gasteiger partial charge is 0.335 e. The molecule has 1 atom stereocenters. The summed E-state index contributed by atoms with van der Waals surface area (Å²) in [5.74, 6) is -1.54. The lowest BCUT2D eigenvalue weighted by atomic mass is 10.0. The number of carbonyl (C=O) groups is 2. The molecule has 0 aliphatic rings. The van der Waals surface area contributed by atoms with E-state index in [2.05, 4.69) is 5.32 Å². The van der Waals surface area contributed by atoms with Gasteiger partial charge in [0.05, 0.1) is 5.56 Å². The molecule has 1 aromatic rings. The summed E-state index contributed by atoms with van der Waals surface area (Å²) in [6.07, 6.45) is 0.558. The third kappa shape index (κ3) is 5.09. The second-order valence-electron chi connectivity index (χ2n) is 4.90. The van der Waals surface area contributed by atoms with Crippen LogP contribution in [0.1, 0.15) is 36.2 Å². The molecule has 0 spiro atoms. The van der Waals surface area contributed by atoms with Gasteiger partial charge in [-0.15, -0.1) is 0 Å². The van der Waals surface area contributed by atoms with Crippen LogP contribution in [0, 0.1) is 5.92 Å². The summed E-state index contributed by atoms with van der Waals surface area (Å²) in [5.41, 5.74) is 1.08. The Labute approximate surface area is 112 Å². The molecule has 0 saturated carbocycles. The first-order valence-corrected chi connectivity index (χ1v) is 6.18. The number of aliphatic carboxylic acids is 1. The Morgan fingerprint density at radius 1 is 1.16 bits per heavy atom. The quantitative estimate of drug-likeness (QED) is 0.701. The molecule has 0 amide bonds. The van der Waals surface area contributed by atoms with Crippen molar-refractivity contribution in [2.24, 2.45) is 5.92 Å². The lowest BCUT2D eigenvalue weighted by molar-refractivity contribution is -0.140. The van der Waals surface area contributed by atoms with Crippen molar-refractivity contribution >= 4 is 11.9 Å². The number of nitrogens with one attached hydrogen (secondary N) is 1. The standard InChI is InChI=1S/C14H19NO4/c1-9(2)7-12(14(18)19)15-8-10-3-5-11(6-4-10)13(16)17/h3-6,9,12,15H,7-8H2,1-2H3,(H,16,17)(H,18,19). The third-order valence-electron chi connectivity index (χ3n) is 2.76. The van der Waals surface area contributed by atoms with Crippen molar-refractivity contribution in [3.63, 3.8) is 0 Å². The number of benzene rings is 1. The Kier molecular flexibility index (Phi) is 5.51. The number of hydrogen-bond donors (Lipinski definition) is 3. The minimum Gasteiger partial charge on any atom is -0.480 e. The van der Waals surface area contributed by atoms with Gasteiger partial charge < -0.3 is 15.5 Å². The van der Waals surface area contributed by atoms with Gasteiger partial charge >= 0.3 is 11.9 Å². The van der Waals surface area contributed by atoms with Crippen LogP contribution in [0.3, 0.4) is 0 Å². The summed E-state index contributed by atoms with van der Waals surface area (Å²) in [5, 5.41) is 20.8. The van der Waals surface area contributed by atoms with Gasteiger partial charge in [-0.2, -0.15) is 0 Å². The fraction of sp³-hybridized carbons (Fsp3) is 0.429. The van der Waals surface area contributed by atoms with Gasteiger partial charge in [-0.3, -0.25) is 4.79 Å². The predicted octanol–water partition coefficient (Wildman–Crippen LogP) is 1.97. The maximum Gasteiger partial charge on any atom is 0.335 e. The van der Waals surface area contributed by atoms with Crippen LogP contribution < -0.4 is 5.32 Å². The molecule has 104 valence electrons. The largest absolute Gasteiger partial charge is 0.480 e. The van der Waals surface area contributed by atoms with Crippen LogP contribution in [-0.2, 0) is 11.3 Å². The van der Waals surface area contributed by atoms with Crippen molar-refractivity contribution in [1.82, 2.24) is 5.32 Å². The van der Waals surface area contributed by atoms with Crippen LogP contribution in [0.5, 0.6) is 0 Å². The number of carboxylic acid groups (broad SMARTS) is 2. The van der Waals surface area contributed by atoms with E-state index in [-0.39, 0.29) is 5.56 Å². The van der Waals surface area contributed by atoms with Crippen molar-refractivity contribution < 1.29 is 19.8 Å². The van der Waals surface area contributed by atoms with Gasteiger partial charge in [0.2, 0.25) is 0 Å². The highest BCUT2D eigenvalue weighted by Gasteiger charge is 2.17. The van der Waals surface area contributed by atoms with Crippen molar-refractivity contribution in [2.45, 2.75) is 32.9 Å². The molecule has 0 aliphatic heterocycles. The minimum atomic E-state index is -0.970. The van der Waals surface area contributed by atoms with E-state index in [9.17, 15) is 9.59 Å². The maximum atomic E-state index is 11.1. The molecule has 0 radical (unpaired) electrons. The van der Waals surface area contributed by atoms with Crippen LogP contribution in [0.15, 0.2) is 24.3 Å². The number of carboxylic acids is 2. The van der Waals surface area contributed by atoms with Crippen molar-refractivity contribution in [2.75, 3.05) is 0 Å². The van der Waals surface area contributed by atoms with Gasteiger partial charge in [0.15, 0.2) is 0 Å². The van der Waals surface area contributed by atoms with Crippen molar-refractivity contribution in [3.05, 3.63) is 35.4 Å². The molecule has 5 heteroatoms. The van der Waals surface area contributed by atoms with Gasteiger partial charge in [0, 0.05) is 6.54 Å². The molecular weight excluding hydrogens is 246 g/mol. The van der Waals surface area contributed by atoms with Gasteiger partial charge in [-0.05, 0) is 30.0 Å². The van der Waals surface area contributed by atoms with Crippen LogP contribution in [0.2, 0.25) is 0 Å². The summed E-state index contributed by atoms with van der Waals surface area (Å²) < 4.78 is 0. The topological polar surface area (TPSA) is 86.6 Å². The third-order valence-corrected chi connectivity index (χ3v) is 2.76. The molecule has 3 N–H and O–H groups in total. The number of aromatic carboxylic acids is 1. The Hall–Kier alpha value is -1.88. The molecule has 19 heavy (non-hydrogen) atoms.